The normalized spacial score (nSPS) is 14.2. The summed E-state index contributed by atoms with van der Waals surface area (Å²) in [5, 5.41) is 3.75. The number of para-hydroxylation sites is 1. The van der Waals surface area contributed by atoms with E-state index in [1.807, 2.05) is 39.0 Å². The number of aromatic nitrogens is 3. The molecule has 1 fully saturated rings. The van der Waals surface area contributed by atoms with Gasteiger partial charge in [0.15, 0.2) is 11.5 Å². The maximum atomic E-state index is 13.7. The van der Waals surface area contributed by atoms with Crippen LogP contribution in [-0.2, 0) is 29.0 Å². The number of benzene rings is 2. The van der Waals surface area contributed by atoms with Crippen LogP contribution in [0.3, 0.4) is 0 Å². The number of anilines is 2. The first kappa shape index (κ1) is 30.3. The third-order valence-electron chi connectivity index (χ3n) is 7.41. The van der Waals surface area contributed by atoms with Gasteiger partial charge in [0, 0.05) is 24.7 Å². The fourth-order valence-electron chi connectivity index (χ4n) is 5.28. The molecule has 11 nitrogen and oxygen atoms in total. The van der Waals surface area contributed by atoms with Crippen LogP contribution in [-0.4, -0.2) is 60.2 Å². The summed E-state index contributed by atoms with van der Waals surface area (Å²) in [6, 6.07) is 12.6. The van der Waals surface area contributed by atoms with Crippen LogP contribution in [0.2, 0.25) is 0 Å². The summed E-state index contributed by atoms with van der Waals surface area (Å²) in [6.45, 7) is 8.78. The van der Waals surface area contributed by atoms with Gasteiger partial charge in [-0.05, 0) is 61.2 Å². The van der Waals surface area contributed by atoms with Crippen LogP contribution in [0.5, 0.6) is 17.4 Å². The number of carbonyl (C=O) groups excluding carboxylic acids is 1. The second kappa shape index (κ2) is 11.8. The molecule has 2 N–H and O–H groups in total. The molecule has 3 heterocycles. The highest BCUT2D eigenvalue weighted by Crippen LogP contribution is 2.40. The van der Waals surface area contributed by atoms with Crippen molar-refractivity contribution in [3.8, 4) is 17.4 Å². The fourth-order valence-corrected chi connectivity index (χ4v) is 5.83. The largest absolute Gasteiger partial charge is 0.492 e. The van der Waals surface area contributed by atoms with E-state index in [0.717, 1.165) is 35.8 Å². The second-order valence-electron chi connectivity index (χ2n) is 11.9. The first-order chi connectivity index (χ1) is 20.3. The minimum Gasteiger partial charge on any atom is -0.492 e. The van der Waals surface area contributed by atoms with Gasteiger partial charge in [-0.1, -0.05) is 32.9 Å². The van der Waals surface area contributed by atoms with E-state index in [1.54, 1.807) is 42.1 Å². The maximum absolute atomic E-state index is 13.7. The molecule has 4 aromatic rings. The molecule has 228 valence electrons. The smallest absolute Gasteiger partial charge is 0.272 e. The molecular formula is C31H38N6O5S. The number of likely N-dealkylation sites (tertiary alicyclic amines) is 1. The highest BCUT2D eigenvalue weighted by Gasteiger charge is 2.24. The molecule has 43 heavy (non-hydrogen) atoms. The molecule has 0 spiro atoms. The minimum atomic E-state index is -3.61. The van der Waals surface area contributed by atoms with Crippen molar-refractivity contribution in [2.75, 3.05) is 36.5 Å². The Morgan fingerprint density at radius 2 is 1.79 bits per heavy atom. The molecule has 12 heteroatoms. The average molecular weight is 607 g/mol. The molecule has 0 radical (unpaired) electrons. The Morgan fingerprint density at radius 3 is 2.47 bits per heavy atom. The van der Waals surface area contributed by atoms with E-state index in [4.69, 9.17) is 9.47 Å². The van der Waals surface area contributed by atoms with E-state index in [-0.39, 0.29) is 16.9 Å². The second-order valence-corrected chi connectivity index (χ2v) is 13.6. The molecule has 2 aromatic heterocycles. The lowest BCUT2D eigenvalue weighted by atomic mass is 9.86. The SMILES string of the molecule is COc1c(NC(=O)c2cc3cccc(Oc4ccnc(CN5CCCC5)n4)c3n2C)cc(C(C)(C)C)cc1NS(C)(=O)=O. The summed E-state index contributed by atoms with van der Waals surface area (Å²) >= 11 is 0. The van der Waals surface area contributed by atoms with Crippen molar-refractivity contribution in [2.24, 2.45) is 7.05 Å². The third kappa shape index (κ3) is 6.91. The summed E-state index contributed by atoms with van der Waals surface area (Å²) in [6.07, 6.45) is 5.15. The third-order valence-corrected chi connectivity index (χ3v) is 8.00. The van der Waals surface area contributed by atoms with Crippen LogP contribution in [0.15, 0.2) is 48.7 Å². The standard InChI is InChI=1S/C31H38N6O5S/c1-31(2,3)21-17-22(29(41-5)23(18-21)35-43(6,39)40)33-30(38)24-16-20-10-9-11-25(28(20)36(24)4)42-27-12-13-32-26(34-27)19-37-14-7-8-15-37/h9-13,16-18,35H,7-8,14-15,19H2,1-6H3,(H,33,38). The lowest BCUT2D eigenvalue weighted by molar-refractivity contribution is 0.101. The van der Waals surface area contributed by atoms with Crippen LogP contribution in [0.4, 0.5) is 11.4 Å². The first-order valence-electron chi connectivity index (χ1n) is 14.1. The van der Waals surface area contributed by atoms with E-state index in [9.17, 15) is 13.2 Å². The Hall–Kier alpha value is -4.16. The summed E-state index contributed by atoms with van der Waals surface area (Å²) in [4.78, 5) is 25.1. The lowest BCUT2D eigenvalue weighted by Gasteiger charge is -2.24. The number of methoxy groups -OCH3 is 1. The van der Waals surface area contributed by atoms with Crippen molar-refractivity contribution in [3.05, 3.63) is 65.7 Å². The van der Waals surface area contributed by atoms with Gasteiger partial charge in [-0.25, -0.2) is 13.4 Å². The van der Waals surface area contributed by atoms with Gasteiger partial charge in [-0.2, -0.15) is 4.98 Å². The number of ether oxygens (including phenoxy) is 2. The van der Waals surface area contributed by atoms with Crippen LogP contribution < -0.4 is 19.5 Å². The van der Waals surface area contributed by atoms with Gasteiger partial charge in [-0.3, -0.25) is 14.4 Å². The van der Waals surface area contributed by atoms with Crippen LogP contribution in [0.25, 0.3) is 10.9 Å². The molecule has 1 saturated heterocycles. The van der Waals surface area contributed by atoms with E-state index in [2.05, 4.69) is 24.9 Å². The zero-order chi connectivity index (χ0) is 30.9. The number of aryl methyl sites for hydroxylation is 1. The van der Waals surface area contributed by atoms with Crippen molar-refractivity contribution in [2.45, 2.75) is 45.6 Å². The highest BCUT2D eigenvalue weighted by atomic mass is 32.2. The van der Waals surface area contributed by atoms with Gasteiger partial charge < -0.3 is 19.4 Å². The average Bonchev–Trinajstić information content (AvgIpc) is 3.55. The predicted molar refractivity (Wildman–Crippen MR) is 168 cm³/mol. The number of hydrogen-bond donors (Lipinski definition) is 2. The molecule has 5 rings (SSSR count). The number of amides is 1. The Bertz CT molecular complexity index is 1770. The van der Waals surface area contributed by atoms with Crippen LogP contribution in [0.1, 0.15) is 55.5 Å². The number of sulfonamides is 1. The van der Waals surface area contributed by atoms with E-state index >= 15 is 0 Å². The van der Waals surface area contributed by atoms with Crippen molar-refractivity contribution in [3.63, 3.8) is 0 Å². The monoisotopic (exact) mass is 606 g/mol. The Labute approximate surface area is 252 Å². The van der Waals surface area contributed by atoms with E-state index in [0.29, 0.717) is 35.4 Å². The molecule has 2 aromatic carbocycles. The van der Waals surface area contributed by atoms with Crippen LogP contribution in [0, 0.1) is 0 Å². The van der Waals surface area contributed by atoms with Gasteiger partial charge in [0.1, 0.15) is 11.5 Å². The lowest BCUT2D eigenvalue weighted by Crippen LogP contribution is -2.20. The van der Waals surface area contributed by atoms with Crippen LogP contribution >= 0.6 is 0 Å². The number of nitrogens with one attached hydrogen (secondary N) is 2. The highest BCUT2D eigenvalue weighted by molar-refractivity contribution is 7.92. The number of nitrogens with zero attached hydrogens (tertiary/aromatic N) is 4. The van der Waals surface area contributed by atoms with Gasteiger partial charge in [0.05, 0.1) is 36.8 Å². The zero-order valence-corrected chi connectivity index (χ0v) is 26.2. The van der Waals surface area contributed by atoms with Crippen molar-refractivity contribution >= 4 is 38.2 Å². The number of fused-ring (bicyclic) bond motifs is 1. The molecule has 1 amide bonds. The summed E-state index contributed by atoms with van der Waals surface area (Å²) in [5.41, 5.74) is 2.18. The quantitative estimate of drug-likeness (QED) is 0.263. The number of rotatable bonds is 9. The molecule has 0 bridgehead atoms. The first-order valence-corrected chi connectivity index (χ1v) is 16.0. The Balaban J connectivity index is 1.46. The number of carbonyl (C=O) groups is 1. The fraction of sp³-hybridized carbons (Fsp3) is 0.387. The van der Waals surface area contributed by atoms with E-state index < -0.39 is 15.9 Å². The van der Waals surface area contributed by atoms with Gasteiger partial charge in [0.25, 0.3) is 5.91 Å². The Kier molecular flexibility index (Phi) is 8.35. The summed E-state index contributed by atoms with van der Waals surface area (Å²) in [7, 11) is -0.381. The molecule has 0 unspecified atom stereocenters. The molecule has 1 aliphatic rings. The van der Waals surface area contributed by atoms with Crippen molar-refractivity contribution < 1.29 is 22.7 Å². The summed E-state index contributed by atoms with van der Waals surface area (Å²) in [5.74, 6) is 1.50. The maximum Gasteiger partial charge on any atom is 0.272 e. The Morgan fingerprint density at radius 1 is 1.07 bits per heavy atom. The zero-order valence-electron chi connectivity index (χ0n) is 25.4. The molecule has 0 atom stereocenters. The van der Waals surface area contributed by atoms with Gasteiger partial charge >= 0.3 is 0 Å². The van der Waals surface area contributed by atoms with Crippen molar-refractivity contribution in [1.29, 1.82) is 0 Å². The summed E-state index contributed by atoms with van der Waals surface area (Å²) < 4.78 is 40.3. The molecule has 0 saturated carbocycles. The molecule has 1 aliphatic heterocycles. The molecular weight excluding hydrogens is 568 g/mol. The molecule has 0 aliphatic carbocycles. The van der Waals surface area contributed by atoms with E-state index in [1.165, 1.54) is 20.0 Å². The topological polar surface area (TPSA) is 128 Å². The van der Waals surface area contributed by atoms with Crippen molar-refractivity contribution in [1.82, 2.24) is 19.4 Å². The predicted octanol–water partition coefficient (Wildman–Crippen LogP) is 5.29. The minimum absolute atomic E-state index is 0.211. The number of hydrogen-bond acceptors (Lipinski definition) is 8. The van der Waals surface area contributed by atoms with Gasteiger partial charge in [0.2, 0.25) is 15.9 Å². The van der Waals surface area contributed by atoms with Gasteiger partial charge in [-0.15, -0.1) is 0 Å².